The maximum atomic E-state index is 14.3. The van der Waals surface area contributed by atoms with E-state index in [9.17, 15) is 18.0 Å². The van der Waals surface area contributed by atoms with E-state index in [2.05, 4.69) is 10.6 Å². The summed E-state index contributed by atoms with van der Waals surface area (Å²) in [4.78, 5) is 12.4. The number of piperidine rings is 1. The number of nitrogen functional groups attached to an aromatic ring is 1. The van der Waals surface area contributed by atoms with Crippen LogP contribution in [-0.2, 0) is 4.79 Å². The van der Waals surface area contributed by atoms with Gasteiger partial charge in [-0.1, -0.05) is 12.1 Å². The number of hydrogen-bond donors (Lipinski definition) is 4. The van der Waals surface area contributed by atoms with E-state index in [4.69, 9.17) is 11.1 Å². The van der Waals surface area contributed by atoms with Crippen molar-refractivity contribution in [3.8, 4) is 0 Å². The highest BCUT2D eigenvalue weighted by Crippen LogP contribution is 2.25. The summed E-state index contributed by atoms with van der Waals surface area (Å²) >= 11 is 0. The molecule has 29 heavy (non-hydrogen) atoms. The molecule has 1 aliphatic heterocycles. The Labute approximate surface area is 166 Å². The summed E-state index contributed by atoms with van der Waals surface area (Å²) in [6, 6.07) is 5.70. The quantitative estimate of drug-likeness (QED) is 0.454. The van der Waals surface area contributed by atoms with Gasteiger partial charge in [-0.3, -0.25) is 4.79 Å². The number of nitrogens with two attached hydrogens (primary N) is 1. The zero-order chi connectivity index (χ0) is 21.0. The van der Waals surface area contributed by atoms with Gasteiger partial charge in [0, 0.05) is 17.2 Å². The van der Waals surface area contributed by atoms with Crippen LogP contribution in [0.1, 0.15) is 24.0 Å². The van der Waals surface area contributed by atoms with E-state index < -0.39 is 17.5 Å². The molecule has 1 fully saturated rings. The van der Waals surface area contributed by atoms with Gasteiger partial charge in [0.05, 0.1) is 11.4 Å². The fourth-order valence-electron chi connectivity index (χ4n) is 3.12. The largest absolute Gasteiger partial charge is 0.398 e. The molecule has 0 atom stereocenters. The lowest BCUT2D eigenvalue weighted by molar-refractivity contribution is -0.120. The predicted octanol–water partition coefficient (Wildman–Crippen LogP) is 3.71. The Bertz CT molecular complexity index is 969. The zero-order valence-corrected chi connectivity index (χ0v) is 15.6. The number of halogens is 3. The Morgan fingerprint density at radius 3 is 2.52 bits per heavy atom. The summed E-state index contributed by atoms with van der Waals surface area (Å²) in [7, 11) is 0. The van der Waals surface area contributed by atoms with Gasteiger partial charge in [-0.15, -0.1) is 0 Å². The van der Waals surface area contributed by atoms with Crippen LogP contribution in [0, 0.1) is 28.8 Å². The third-order valence-electron chi connectivity index (χ3n) is 4.78. The average Bonchev–Trinajstić information content (AvgIpc) is 2.71. The van der Waals surface area contributed by atoms with Gasteiger partial charge in [0.2, 0.25) is 5.91 Å². The highest BCUT2D eigenvalue weighted by Gasteiger charge is 2.22. The Balaban J connectivity index is 1.78. The van der Waals surface area contributed by atoms with Crippen LogP contribution in [0.2, 0.25) is 0 Å². The summed E-state index contributed by atoms with van der Waals surface area (Å²) in [5.41, 5.74) is 6.31. The van der Waals surface area contributed by atoms with Crippen molar-refractivity contribution in [3.05, 3.63) is 65.0 Å². The summed E-state index contributed by atoms with van der Waals surface area (Å²) in [5.74, 6) is -3.13. The molecule has 0 bridgehead atoms. The highest BCUT2D eigenvalue weighted by molar-refractivity contribution is 6.12. The lowest BCUT2D eigenvalue weighted by Gasteiger charge is -2.22. The summed E-state index contributed by atoms with van der Waals surface area (Å²) in [6.45, 7) is 1.46. The van der Waals surface area contributed by atoms with Crippen LogP contribution in [0.4, 0.5) is 24.5 Å². The van der Waals surface area contributed by atoms with Gasteiger partial charge in [0.1, 0.15) is 5.82 Å². The van der Waals surface area contributed by atoms with E-state index in [-0.39, 0.29) is 34.5 Å². The number of anilines is 2. The topological polar surface area (TPSA) is 91.0 Å². The standard InChI is InChI=1S/C21H21F3N4O/c22-15-3-1-12(9-16(15)23)2-4-18(25)14-10-20(17(24)11-19(14)26)28-21(29)13-5-7-27-8-6-13/h1-4,9-11,13,25,27H,5-8,26H2,(H,28,29)/b4-2+,25-18?. The average molecular weight is 402 g/mol. The second-order valence-electron chi connectivity index (χ2n) is 6.85. The van der Waals surface area contributed by atoms with Gasteiger partial charge in [-0.05, 0) is 61.8 Å². The van der Waals surface area contributed by atoms with Crippen molar-refractivity contribution >= 4 is 29.1 Å². The Morgan fingerprint density at radius 2 is 1.83 bits per heavy atom. The van der Waals surface area contributed by atoms with Crippen molar-refractivity contribution in [2.45, 2.75) is 12.8 Å². The molecule has 152 valence electrons. The van der Waals surface area contributed by atoms with Crippen molar-refractivity contribution in [3.63, 3.8) is 0 Å². The molecule has 0 radical (unpaired) electrons. The Morgan fingerprint density at radius 1 is 1.10 bits per heavy atom. The van der Waals surface area contributed by atoms with Gasteiger partial charge in [-0.25, -0.2) is 13.2 Å². The molecule has 0 unspecified atom stereocenters. The molecule has 1 saturated heterocycles. The molecule has 2 aromatic carbocycles. The molecule has 1 heterocycles. The number of rotatable bonds is 5. The summed E-state index contributed by atoms with van der Waals surface area (Å²) in [6.07, 6.45) is 4.10. The SMILES string of the molecule is N=C(/C=C/c1ccc(F)c(F)c1)c1cc(NC(=O)C2CCNCC2)c(F)cc1N. The van der Waals surface area contributed by atoms with Crippen LogP contribution in [0.5, 0.6) is 0 Å². The third kappa shape index (κ3) is 5.03. The molecule has 8 heteroatoms. The minimum absolute atomic E-state index is 0.0299. The van der Waals surface area contributed by atoms with E-state index >= 15 is 0 Å². The van der Waals surface area contributed by atoms with Gasteiger partial charge in [-0.2, -0.15) is 0 Å². The molecule has 2 aromatic rings. The Kier molecular flexibility index (Phi) is 6.33. The van der Waals surface area contributed by atoms with Gasteiger partial charge >= 0.3 is 0 Å². The minimum Gasteiger partial charge on any atom is -0.398 e. The van der Waals surface area contributed by atoms with Gasteiger partial charge in [0.25, 0.3) is 0 Å². The fraction of sp³-hybridized carbons (Fsp3) is 0.238. The predicted molar refractivity (Wildman–Crippen MR) is 107 cm³/mol. The van der Waals surface area contributed by atoms with Crippen molar-refractivity contribution in [2.24, 2.45) is 5.92 Å². The summed E-state index contributed by atoms with van der Waals surface area (Å²) < 4.78 is 40.6. The number of nitrogens with one attached hydrogen (secondary N) is 3. The van der Waals surface area contributed by atoms with E-state index in [1.165, 1.54) is 24.3 Å². The van der Waals surface area contributed by atoms with E-state index in [1.54, 1.807) is 0 Å². The van der Waals surface area contributed by atoms with Crippen LogP contribution in [0.15, 0.2) is 36.4 Å². The molecule has 0 aliphatic carbocycles. The lowest BCUT2D eigenvalue weighted by atomic mass is 9.97. The number of benzene rings is 2. The van der Waals surface area contributed by atoms with Crippen LogP contribution in [0.3, 0.4) is 0 Å². The summed E-state index contributed by atoms with van der Waals surface area (Å²) in [5, 5.41) is 13.9. The third-order valence-corrected chi connectivity index (χ3v) is 4.78. The molecule has 0 aromatic heterocycles. The molecular weight excluding hydrogens is 381 g/mol. The van der Waals surface area contributed by atoms with Crippen molar-refractivity contribution in [2.75, 3.05) is 24.1 Å². The van der Waals surface area contributed by atoms with Crippen molar-refractivity contribution < 1.29 is 18.0 Å². The van der Waals surface area contributed by atoms with E-state index in [1.807, 2.05) is 0 Å². The molecule has 1 aliphatic rings. The Hall–Kier alpha value is -3.13. The maximum Gasteiger partial charge on any atom is 0.227 e. The number of hydrogen-bond acceptors (Lipinski definition) is 4. The van der Waals surface area contributed by atoms with Crippen LogP contribution in [0.25, 0.3) is 6.08 Å². The second kappa shape index (κ2) is 8.91. The van der Waals surface area contributed by atoms with E-state index in [0.717, 1.165) is 31.3 Å². The second-order valence-corrected chi connectivity index (χ2v) is 6.85. The van der Waals surface area contributed by atoms with Gasteiger partial charge < -0.3 is 21.8 Å². The fourth-order valence-corrected chi connectivity index (χ4v) is 3.12. The first kappa shape index (κ1) is 20.6. The number of carbonyl (C=O) groups excluding carboxylic acids is 1. The maximum absolute atomic E-state index is 14.3. The smallest absolute Gasteiger partial charge is 0.227 e. The molecule has 5 nitrogen and oxygen atoms in total. The molecular formula is C21H21F3N4O. The monoisotopic (exact) mass is 402 g/mol. The van der Waals surface area contributed by atoms with Crippen molar-refractivity contribution in [1.29, 1.82) is 5.41 Å². The molecule has 0 spiro atoms. The first-order chi connectivity index (χ1) is 13.8. The minimum atomic E-state index is -0.997. The number of allylic oxidation sites excluding steroid dienone is 1. The molecule has 0 saturated carbocycles. The number of amides is 1. The molecule has 3 rings (SSSR count). The highest BCUT2D eigenvalue weighted by atomic mass is 19.2. The van der Waals surface area contributed by atoms with Crippen LogP contribution < -0.4 is 16.4 Å². The first-order valence-corrected chi connectivity index (χ1v) is 9.18. The van der Waals surface area contributed by atoms with E-state index in [0.29, 0.717) is 18.4 Å². The number of carbonyl (C=O) groups is 1. The van der Waals surface area contributed by atoms with Gasteiger partial charge in [0.15, 0.2) is 11.6 Å². The zero-order valence-electron chi connectivity index (χ0n) is 15.6. The molecule has 1 amide bonds. The molecule has 5 N–H and O–H groups in total. The lowest BCUT2D eigenvalue weighted by Crippen LogP contribution is -2.34. The normalized spacial score (nSPS) is 14.9. The van der Waals surface area contributed by atoms with Crippen molar-refractivity contribution in [1.82, 2.24) is 5.32 Å². The first-order valence-electron chi connectivity index (χ1n) is 9.18. The van der Waals surface area contributed by atoms with Crippen LogP contribution >= 0.6 is 0 Å². The van der Waals surface area contributed by atoms with Crippen LogP contribution in [-0.4, -0.2) is 24.7 Å².